The average Bonchev–Trinajstić information content (AvgIpc) is 2.35. The number of hydrogen-bond acceptors (Lipinski definition) is 3. The SMILES string of the molecule is CCCC1=CCCC=C1OCC(O)CNC(C)C. The summed E-state index contributed by atoms with van der Waals surface area (Å²) >= 11 is 0. The Kier molecular flexibility index (Phi) is 7.06. The summed E-state index contributed by atoms with van der Waals surface area (Å²) in [5.74, 6) is 0.978. The Labute approximate surface area is 111 Å². The van der Waals surface area contributed by atoms with Crippen molar-refractivity contribution in [2.75, 3.05) is 13.2 Å². The van der Waals surface area contributed by atoms with Crippen LogP contribution in [0.2, 0.25) is 0 Å². The van der Waals surface area contributed by atoms with Gasteiger partial charge in [-0.3, -0.25) is 0 Å². The van der Waals surface area contributed by atoms with Crippen LogP contribution in [0.3, 0.4) is 0 Å². The van der Waals surface area contributed by atoms with E-state index in [2.05, 4.69) is 38.2 Å². The Hall–Kier alpha value is -0.800. The third-order valence-corrected chi connectivity index (χ3v) is 2.92. The fourth-order valence-electron chi connectivity index (χ4n) is 1.97. The Morgan fingerprint density at radius 3 is 2.72 bits per heavy atom. The highest BCUT2D eigenvalue weighted by Crippen LogP contribution is 2.23. The lowest BCUT2D eigenvalue weighted by Crippen LogP contribution is -2.34. The van der Waals surface area contributed by atoms with Gasteiger partial charge in [0.25, 0.3) is 0 Å². The molecule has 0 bridgehead atoms. The van der Waals surface area contributed by atoms with E-state index in [0.29, 0.717) is 19.2 Å². The molecule has 2 N–H and O–H groups in total. The van der Waals surface area contributed by atoms with Gasteiger partial charge in [0.15, 0.2) is 0 Å². The summed E-state index contributed by atoms with van der Waals surface area (Å²) in [5.41, 5.74) is 1.30. The molecule has 3 nitrogen and oxygen atoms in total. The van der Waals surface area contributed by atoms with Gasteiger partial charge in [0.05, 0.1) is 0 Å². The first-order valence-electron chi connectivity index (χ1n) is 7.07. The van der Waals surface area contributed by atoms with Crippen molar-refractivity contribution in [1.29, 1.82) is 0 Å². The molecular formula is C15H27NO2. The third-order valence-electron chi connectivity index (χ3n) is 2.92. The average molecular weight is 253 g/mol. The maximum atomic E-state index is 9.81. The van der Waals surface area contributed by atoms with E-state index >= 15 is 0 Å². The van der Waals surface area contributed by atoms with Crippen molar-refractivity contribution < 1.29 is 9.84 Å². The zero-order valence-corrected chi connectivity index (χ0v) is 11.9. The Morgan fingerprint density at radius 2 is 2.06 bits per heavy atom. The zero-order valence-electron chi connectivity index (χ0n) is 11.9. The maximum Gasteiger partial charge on any atom is 0.118 e. The molecule has 0 aromatic heterocycles. The van der Waals surface area contributed by atoms with Crippen molar-refractivity contribution in [1.82, 2.24) is 5.32 Å². The van der Waals surface area contributed by atoms with Crippen molar-refractivity contribution in [2.45, 2.75) is 58.6 Å². The van der Waals surface area contributed by atoms with Gasteiger partial charge in [-0.25, -0.2) is 0 Å². The molecule has 0 aromatic carbocycles. The van der Waals surface area contributed by atoms with Gasteiger partial charge in [-0.2, -0.15) is 0 Å². The molecule has 1 unspecified atom stereocenters. The molecule has 1 rings (SSSR count). The zero-order chi connectivity index (χ0) is 13.4. The second kappa shape index (κ2) is 8.33. The molecule has 1 aliphatic carbocycles. The molecule has 0 aliphatic heterocycles. The minimum atomic E-state index is -0.446. The number of hydrogen-bond donors (Lipinski definition) is 2. The van der Waals surface area contributed by atoms with Gasteiger partial charge in [-0.05, 0) is 30.9 Å². The number of allylic oxidation sites excluding steroid dienone is 3. The topological polar surface area (TPSA) is 41.5 Å². The number of aliphatic hydroxyl groups excluding tert-OH is 1. The third kappa shape index (κ3) is 5.69. The Morgan fingerprint density at radius 1 is 1.33 bits per heavy atom. The van der Waals surface area contributed by atoms with Crippen LogP contribution in [-0.4, -0.2) is 30.4 Å². The first kappa shape index (κ1) is 15.3. The summed E-state index contributed by atoms with van der Waals surface area (Å²) in [6.45, 7) is 7.26. The van der Waals surface area contributed by atoms with Crippen LogP contribution in [0.4, 0.5) is 0 Å². The van der Waals surface area contributed by atoms with Crippen LogP contribution >= 0.6 is 0 Å². The minimum Gasteiger partial charge on any atom is -0.491 e. The van der Waals surface area contributed by atoms with E-state index in [0.717, 1.165) is 31.4 Å². The molecule has 1 atom stereocenters. The molecule has 3 heteroatoms. The maximum absolute atomic E-state index is 9.81. The second-order valence-corrected chi connectivity index (χ2v) is 5.15. The van der Waals surface area contributed by atoms with Gasteiger partial charge in [0.1, 0.15) is 18.5 Å². The highest BCUT2D eigenvalue weighted by Gasteiger charge is 2.12. The predicted octanol–water partition coefficient (Wildman–Crippen LogP) is 2.77. The van der Waals surface area contributed by atoms with Crippen LogP contribution in [0.1, 0.15) is 46.5 Å². The fourth-order valence-corrected chi connectivity index (χ4v) is 1.97. The number of nitrogens with one attached hydrogen (secondary N) is 1. The van der Waals surface area contributed by atoms with E-state index in [1.165, 1.54) is 5.57 Å². The molecule has 104 valence electrons. The lowest BCUT2D eigenvalue weighted by atomic mass is 10.0. The number of ether oxygens (including phenoxy) is 1. The van der Waals surface area contributed by atoms with Crippen molar-refractivity contribution in [3.05, 3.63) is 23.5 Å². The van der Waals surface area contributed by atoms with Crippen molar-refractivity contribution >= 4 is 0 Å². The molecule has 0 heterocycles. The first-order chi connectivity index (χ1) is 8.63. The summed E-state index contributed by atoms with van der Waals surface area (Å²) in [6, 6.07) is 0.393. The molecule has 0 amide bonds. The Balaban J connectivity index is 2.33. The lowest BCUT2D eigenvalue weighted by Gasteiger charge is -2.20. The van der Waals surface area contributed by atoms with E-state index in [-0.39, 0.29) is 0 Å². The highest BCUT2D eigenvalue weighted by molar-refractivity contribution is 5.28. The van der Waals surface area contributed by atoms with Crippen molar-refractivity contribution in [3.63, 3.8) is 0 Å². The van der Waals surface area contributed by atoms with Gasteiger partial charge < -0.3 is 15.2 Å². The largest absolute Gasteiger partial charge is 0.491 e. The second-order valence-electron chi connectivity index (χ2n) is 5.15. The van der Waals surface area contributed by atoms with E-state index in [4.69, 9.17) is 4.74 Å². The van der Waals surface area contributed by atoms with E-state index in [1.807, 2.05) is 0 Å². The van der Waals surface area contributed by atoms with Crippen LogP contribution in [-0.2, 0) is 4.74 Å². The summed E-state index contributed by atoms with van der Waals surface area (Å²) < 4.78 is 5.75. The van der Waals surface area contributed by atoms with E-state index in [9.17, 15) is 5.11 Å². The van der Waals surface area contributed by atoms with Crippen LogP contribution < -0.4 is 5.32 Å². The van der Waals surface area contributed by atoms with Gasteiger partial charge in [0.2, 0.25) is 0 Å². The Bertz CT molecular complexity index is 295. The molecule has 0 saturated heterocycles. The van der Waals surface area contributed by atoms with Crippen molar-refractivity contribution in [2.24, 2.45) is 0 Å². The van der Waals surface area contributed by atoms with Crippen LogP contribution in [0.15, 0.2) is 23.5 Å². The molecule has 0 spiro atoms. The van der Waals surface area contributed by atoms with Gasteiger partial charge in [-0.15, -0.1) is 0 Å². The molecule has 18 heavy (non-hydrogen) atoms. The summed E-state index contributed by atoms with van der Waals surface area (Å²) in [6.07, 6.45) is 8.31. The standard InChI is InChI=1S/C15H27NO2/c1-4-7-13-8-5-6-9-15(13)18-11-14(17)10-16-12(2)3/h8-9,12,14,16-17H,4-7,10-11H2,1-3H3. The van der Waals surface area contributed by atoms with E-state index < -0.39 is 6.10 Å². The smallest absolute Gasteiger partial charge is 0.118 e. The molecule has 0 radical (unpaired) electrons. The quantitative estimate of drug-likeness (QED) is 0.699. The van der Waals surface area contributed by atoms with Crippen LogP contribution in [0.5, 0.6) is 0 Å². The summed E-state index contributed by atoms with van der Waals surface area (Å²) in [7, 11) is 0. The summed E-state index contributed by atoms with van der Waals surface area (Å²) in [4.78, 5) is 0. The van der Waals surface area contributed by atoms with Crippen LogP contribution in [0, 0.1) is 0 Å². The predicted molar refractivity (Wildman–Crippen MR) is 75.4 cm³/mol. The number of aliphatic hydroxyl groups is 1. The minimum absolute atomic E-state index is 0.368. The highest BCUT2D eigenvalue weighted by atomic mass is 16.5. The van der Waals surface area contributed by atoms with Gasteiger partial charge in [0, 0.05) is 12.6 Å². The van der Waals surface area contributed by atoms with E-state index in [1.54, 1.807) is 0 Å². The lowest BCUT2D eigenvalue weighted by molar-refractivity contribution is 0.0716. The number of rotatable bonds is 8. The van der Waals surface area contributed by atoms with Gasteiger partial charge >= 0.3 is 0 Å². The monoisotopic (exact) mass is 253 g/mol. The molecule has 0 aromatic rings. The molecule has 1 aliphatic rings. The fraction of sp³-hybridized carbons (Fsp3) is 0.733. The van der Waals surface area contributed by atoms with Crippen molar-refractivity contribution in [3.8, 4) is 0 Å². The summed E-state index contributed by atoms with van der Waals surface area (Å²) in [5, 5.41) is 13.0. The van der Waals surface area contributed by atoms with Crippen LogP contribution in [0.25, 0.3) is 0 Å². The first-order valence-corrected chi connectivity index (χ1v) is 7.07. The molecule has 0 saturated carbocycles. The van der Waals surface area contributed by atoms with Gasteiger partial charge in [-0.1, -0.05) is 33.3 Å². The molecular weight excluding hydrogens is 226 g/mol. The normalized spacial score (nSPS) is 17.4. The molecule has 0 fully saturated rings.